The summed E-state index contributed by atoms with van der Waals surface area (Å²) < 4.78 is 14.3. The molecule has 3 heteroatoms. The molecular formula is C13H16FNS. The molecule has 0 bridgehead atoms. The summed E-state index contributed by atoms with van der Waals surface area (Å²) in [7, 11) is 0. The number of thiophene rings is 1. The molecule has 1 nitrogen and oxygen atoms in total. The molecule has 2 aromatic rings. The second kappa shape index (κ2) is 4.52. The van der Waals surface area contributed by atoms with E-state index in [2.05, 4.69) is 26.1 Å². The van der Waals surface area contributed by atoms with Gasteiger partial charge < -0.3 is 5.32 Å². The number of rotatable bonds is 3. The molecule has 86 valence electrons. The fourth-order valence-electron chi connectivity index (χ4n) is 1.71. The van der Waals surface area contributed by atoms with Gasteiger partial charge in [0.05, 0.1) is 0 Å². The lowest BCUT2D eigenvalue weighted by Gasteiger charge is -2.06. The Morgan fingerprint density at radius 1 is 1.38 bits per heavy atom. The van der Waals surface area contributed by atoms with Crippen molar-refractivity contribution < 1.29 is 4.39 Å². The highest BCUT2D eigenvalue weighted by molar-refractivity contribution is 7.19. The van der Waals surface area contributed by atoms with Crippen molar-refractivity contribution in [1.29, 1.82) is 0 Å². The zero-order chi connectivity index (χ0) is 11.7. The third kappa shape index (κ3) is 2.25. The zero-order valence-corrected chi connectivity index (χ0v) is 10.6. The molecule has 0 fully saturated rings. The lowest BCUT2D eigenvalue weighted by molar-refractivity contribution is 0.592. The highest BCUT2D eigenvalue weighted by Crippen LogP contribution is 2.31. The van der Waals surface area contributed by atoms with Gasteiger partial charge in [0.25, 0.3) is 0 Å². The van der Waals surface area contributed by atoms with Crippen LogP contribution in [0.4, 0.5) is 4.39 Å². The molecule has 2 rings (SSSR count). The highest BCUT2D eigenvalue weighted by atomic mass is 32.1. The van der Waals surface area contributed by atoms with Gasteiger partial charge in [-0.3, -0.25) is 0 Å². The summed E-state index contributed by atoms with van der Waals surface area (Å²) in [6.07, 6.45) is 0. The van der Waals surface area contributed by atoms with Crippen LogP contribution in [-0.4, -0.2) is 6.04 Å². The van der Waals surface area contributed by atoms with Crippen molar-refractivity contribution in [1.82, 2.24) is 5.32 Å². The van der Waals surface area contributed by atoms with E-state index in [0.717, 1.165) is 11.9 Å². The maximum Gasteiger partial charge on any atom is 0.123 e. The molecule has 0 unspecified atom stereocenters. The van der Waals surface area contributed by atoms with Crippen LogP contribution in [0.1, 0.15) is 24.3 Å². The summed E-state index contributed by atoms with van der Waals surface area (Å²) in [4.78, 5) is 1.30. The maximum atomic E-state index is 13.1. The predicted molar refractivity (Wildman–Crippen MR) is 68.5 cm³/mol. The molecule has 1 aromatic heterocycles. The van der Waals surface area contributed by atoms with Gasteiger partial charge >= 0.3 is 0 Å². The fraction of sp³-hybridized carbons (Fsp3) is 0.385. The first-order valence-corrected chi connectivity index (χ1v) is 6.30. The highest BCUT2D eigenvalue weighted by Gasteiger charge is 2.09. The van der Waals surface area contributed by atoms with Crippen molar-refractivity contribution >= 4 is 21.4 Å². The van der Waals surface area contributed by atoms with Gasteiger partial charge in [-0.05, 0) is 36.1 Å². The minimum absolute atomic E-state index is 0.156. The first-order chi connectivity index (χ1) is 7.58. The smallest absolute Gasteiger partial charge is 0.123 e. The molecule has 16 heavy (non-hydrogen) atoms. The molecule has 0 amide bonds. The average Bonchev–Trinajstić information content (AvgIpc) is 2.53. The van der Waals surface area contributed by atoms with Crippen LogP contribution in [-0.2, 0) is 6.54 Å². The van der Waals surface area contributed by atoms with E-state index in [4.69, 9.17) is 0 Å². The Bertz CT molecular complexity index is 502. The summed E-state index contributed by atoms with van der Waals surface area (Å²) in [6, 6.07) is 5.49. The van der Waals surface area contributed by atoms with Crippen molar-refractivity contribution in [2.75, 3.05) is 0 Å². The van der Waals surface area contributed by atoms with E-state index in [1.165, 1.54) is 21.2 Å². The largest absolute Gasteiger partial charge is 0.310 e. The summed E-state index contributed by atoms with van der Waals surface area (Å²) >= 11 is 1.75. The van der Waals surface area contributed by atoms with Crippen LogP contribution in [0.15, 0.2) is 18.2 Å². The molecule has 1 aromatic carbocycles. The van der Waals surface area contributed by atoms with Crippen LogP contribution >= 0.6 is 11.3 Å². The Balaban J connectivity index is 2.36. The molecule has 0 spiro atoms. The lowest BCUT2D eigenvalue weighted by atomic mass is 10.1. The second-order valence-corrected chi connectivity index (χ2v) is 5.46. The van der Waals surface area contributed by atoms with E-state index < -0.39 is 0 Å². The molecule has 0 radical (unpaired) electrons. The van der Waals surface area contributed by atoms with Crippen LogP contribution in [0.25, 0.3) is 10.1 Å². The average molecular weight is 237 g/mol. The normalized spacial score (nSPS) is 11.6. The van der Waals surface area contributed by atoms with E-state index in [1.54, 1.807) is 17.4 Å². The first-order valence-electron chi connectivity index (χ1n) is 5.49. The van der Waals surface area contributed by atoms with Gasteiger partial charge in [0.15, 0.2) is 0 Å². The van der Waals surface area contributed by atoms with Gasteiger partial charge in [0.1, 0.15) is 5.82 Å². The molecule has 0 saturated heterocycles. The molecule has 1 N–H and O–H groups in total. The molecule has 0 atom stereocenters. The van der Waals surface area contributed by atoms with Gasteiger partial charge in [-0.1, -0.05) is 13.8 Å². The minimum atomic E-state index is -0.156. The molecule has 0 aliphatic heterocycles. The molecule has 0 aliphatic rings. The number of fused-ring (bicyclic) bond motifs is 1. The van der Waals surface area contributed by atoms with Crippen LogP contribution in [0.2, 0.25) is 0 Å². The summed E-state index contributed by atoms with van der Waals surface area (Å²) in [5.74, 6) is -0.156. The number of hydrogen-bond acceptors (Lipinski definition) is 2. The molecular weight excluding hydrogens is 221 g/mol. The van der Waals surface area contributed by atoms with E-state index >= 15 is 0 Å². The Morgan fingerprint density at radius 3 is 2.81 bits per heavy atom. The number of benzene rings is 1. The van der Waals surface area contributed by atoms with Crippen LogP contribution < -0.4 is 5.32 Å². The molecule has 0 saturated carbocycles. The molecule has 1 heterocycles. The molecule has 0 aliphatic carbocycles. The van der Waals surface area contributed by atoms with Gasteiger partial charge in [-0.25, -0.2) is 4.39 Å². The Hall–Kier alpha value is -0.930. The number of hydrogen-bond donors (Lipinski definition) is 1. The SMILES string of the molecule is Cc1c(CNC(C)C)sc2ccc(F)cc12. The van der Waals surface area contributed by atoms with Gasteiger partial charge in [-0.2, -0.15) is 0 Å². The number of aryl methyl sites for hydroxylation is 1. The van der Waals surface area contributed by atoms with Crippen molar-refractivity contribution in [3.8, 4) is 0 Å². The first kappa shape index (κ1) is 11.6. The Kier molecular flexibility index (Phi) is 3.26. The minimum Gasteiger partial charge on any atom is -0.310 e. The Labute approximate surface area is 99.3 Å². The van der Waals surface area contributed by atoms with E-state index in [0.29, 0.717) is 6.04 Å². The second-order valence-electron chi connectivity index (χ2n) is 4.33. The fourth-order valence-corrected chi connectivity index (χ4v) is 2.85. The van der Waals surface area contributed by atoms with Gasteiger partial charge in [-0.15, -0.1) is 11.3 Å². The monoisotopic (exact) mass is 237 g/mol. The van der Waals surface area contributed by atoms with E-state index in [-0.39, 0.29) is 5.82 Å². The summed E-state index contributed by atoms with van der Waals surface area (Å²) in [6.45, 7) is 7.19. The van der Waals surface area contributed by atoms with Crippen molar-refractivity contribution in [2.45, 2.75) is 33.4 Å². The van der Waals surface area contributed by atoms with Crippen molar-refractivity contribution in [3.05, 3.63) is 34.5 Å². The zero-order valence-electron chi connectivity index (χ0n) is 9.80. The van der Waals surface area contributed by atoms with Crippen molar-refractivity contribution in [2.24, 2.45) is 0 Å². The van der Waals surface area contributed by atoms with Gasteiger partial charge in [0, 0.05) is 22.2 Å². The summed E-state index contributed by atoms with van der Waals surface area (Å²) in [5.41, 5.74) is 1.20. The third-order valence-corrected chi connectivity index (χ3v) is 3.94. The lowest BCUT2D eigenvalue weighted by Crippen LogP contribution is -2.21. The third-order valence-electron chi connectivity index (χ3n) is 2.67. The van der Waals surface area contributed by atoms with Crippen molar-refractivity contribution in [3.63, 3.8) is 0 Å². The van der Waals surface area contributed by atoms with Crippen LogP contribution in [0.3, 0.4) is 0 Å². The standard InChI is InChI=1S/C13H16FNS/c1-8(2)15-7-13-9(3)11-6-10(14)4-5-12(11)16-13/h4-6,8,15H,7H2,1-3H3. The quantitative estimate of drug-likeness (QED) is 0.855. The predicted octanol–water partition coefficient (Wildman–Crippen LogP) is 3.85. The van der Waals surface area contributed by atoms with Crippen LogP contribution in [0, 0.1) is 12.7 Å². The van der Waals surface area contributed by atoms with Gasteiger partial charge in [0.2, 0.25) is 0 Å². The van der Waals surface area contributed by atoms with E-state index in [1.807, 2.05) is 6.07 Å². The maximum absolute atomic E-state index is 13.1. The summed E-state index contributed by atoms with van der Waals surface area (Å²) in [5, 5.41) is 4.44. The van der Waals surface area contributed by atoms with E-state index in [9.17, 15) is 4.39 Å². The number of halogens is 1. The Morgan fingerprint density at radius 2 is 2.12 bits per heavy atom. The van der Waals surface area contributed by atoms with Crippen LogP contribution in [0.5, 0.6) is 0 Å². The number of nitrogens with one attached hydrogen (secondary N) is 1. The topological polar surface area (TPSA) is 12.0 Å².